The maximum atomic E-state index is 12.0. The van der Waals surface area contributed by atoms with Gasteiger partial charge in [-0.15, -0.1) is 0 Å². The van der Waals surface area contributed by atoms with Crippen molar-refractivity contribution in [3.8, 4) is 0 Å². The Kier molecular flexibility index (Phi) is 3.37. The van der Waals surface area contributed by atoms with Gasteiger partial charge >= 0.3 is 0 Å². The number of rotatable bonds is 1. The van der Waals surface area contributed by atoms with Crippen molar-refractivity contribution in [1.29, 1.82) is 0 Å². The van der Waals surface area contributed by atoms with E-state index in [0.717, 1.165) is 42.9 Å². The summed E-state index contributed by atoms with van der Waals surface area (Å²) in [4.78, 5) is 12.0. The lowest BCUT2D eigenvalue weighted by atomic mass is 9.46. The van der Waals surface area contributed by atoms with Gasteiger partial charge in [0.1, 0.15) is 0 Å². The summed E-state index contributed by atoms with van der Waals surface area (Å²) < 4.78 is 6.29. The molecule has 1 heterocycles. The lowest BCUT2D eigenvalue weighted by Gasteiger charge is -2.59. The van der Waals surface area contributed by atoms with E-state index in [1.54, 1.807) is 0 Å². The molecule has 0 radical (unpaired) electrons. The van der Waals surface area contributed by atoms with E-state index in [9.17, 15) is 9.90 Å². The second-order valence-corrected chi connectivity index (χ2v) is 10.6. The van der Waals surface area contributed by atoms with Crippen molar-refractivity contribution < 1.29 is 14.6 Å². The van der Waals surface area contributed by atoms with Crippen LogP contribution in [0.2, 0.25) is 0 Å². The zero-order valence-corrected chi connectivity index (χ0v) is 16.6. The predicted octanol–water partition coefficient (Wildman–Crippen LogP) is 4.26. The van der Waals surface area contributed by atoms with Gasteiger partial charge in [0.15, 0.2) is 12.1 Å². The summed E-state index contributed by atoms with van der Waals surface area (Å²) in [5.41, 5.74) is 1.42. The van der Waals surface area contributed by atoms with Gasteiger partial charge in [-0.05, 0) is 85.7 Å². The topological polar surface area (TPSA) is 46.5 Å². The van der Waals surface area contributed by atoms with Gasteiger partial charge in [-0.2, -0.15) is 0 Å². The van der Waals surface area contributed by atoms with Crippen LogP contribution in [0.4, 0.5) is 0 Å². The summed E-state index contributed by atoms with van der Waals surface area (Å²) in [5.74, 6) is 5.36. The van der Waals surface area contributed by atoms with Crippen molar-refractivity contribution in [1.82, 2.24) is 0 Å². The van der Waals surface area contributed by atoms with Crippen LogP contribution in [0.3, 0.4) is 0 Å². The van der Waals surface area contributed by atoms with E-state index in [0.29, 0.717) is 23.5 Å². The first-order chi connectivity index (χ1) is 13.0. The lowest BCUT2D eigenvalue weighted by Crippen LogP contribution is -2.56. The van der Waals surface area contributed by atoms with E-state index in [-0.39, 0.29) is 11.0 Å². The second kappa shape index (κ2) is 5.36. The van der Waals surface area contributed by atoms with Crippen LogP contribution in [0, 0.1) is 46.8 Å². The molecule has 0 saturated heterocycles. The fourth-order valence-electron chi connectivity index (χ4n) is 8.83. The van der Waals surface area contributed by atoms with Crippen LogP contribution >= 0.6 is 0 Å². The third-order valence-electron chi connectivity index (χ3n) is 9.82. The number of hydrogen-bond donors (Lipinski definition) is 1. The molecular formula is C24H32O3. The molecule has 4 saturated carbocycles. The van der Waals surface area contributed by atoms with Crippen LogP contribution in [0.1, 0.15) is 58.8 Å². The van der Waals surface area contributed by atoms with Crippen LogP contribution in [0.25, 0.3) is 0 Å². The highest BCUT2D eigenvalue weighted by molar-refractivity contribution is 5.91. The molecule has 1 spiro atoms. The summed E-state index contributed by atoms with van der Waals surface area (Å²) in [6, 6.07) is 0. The number of carbonyl (C=O) groups is 1. The van der Waals surface area contributed by atoms with Crippen LogP contribution < -0.4 is 0 Å². The maximum Gasteiger partial charge on any atom is 0.175 e. The van der Waals surface area contributed by atoms with Gasteiger partial charge in [0.05, 0.1) is 5.60 Å². The summed E-state index contributed by atoms with van der Waals surface area (Å²) >= 11 is 0. The smallest absolute Gasteiger partial charge is 0.175 e. The van der Waals surface area contributed by atoms with Gasteiger partial charge in [0.2, 0.25) is 0 Å². The molecule has 1 N–H and O–H groups in total. The Hall–Kier alpha value is -0.930. The molecule has 3 heteroatoms. The van der Waals surface area contributed by atoms with Crippen molar-refractivity contribution in [2.75, 3.05) is 0 Å². The number of aliphatic hydroxyl groups is 1. The van der Waals surface area contributed by atoms with Gasteiger partial charge in [-0.3, -0.25) is 4.79 Å². The van der Waals surface area contributed by atoms with Crippen molar-refractivity contribution in [2.24, 2.45) is 46.8 Å². The lowest BCUT2D eigenvalue weighted by molar-refractivity contribution is -0.198. The van der Waals surface area contributed by atoms with E-state index < -0.39 is 6.29 Å². The monoisotopic (exact) mass is 368 g/mol. The van der Waals surface area contributed by atoms with Crippen molar-refractivity contribution >= 4 is 5.78 Å². The predicted molar refractivity (Wildman–Crippen MR) is 103 cm³/mol. The molecule has 6 aliphatic rings. The largest absolute Gasteiger partial charge is 0.365 e. The molecule has 3 nitrogen and oxygen atoms in total. The fourth-order valence-corrected chi connectivity index (χ4v) is 8.83. The van der Waals surface area contributed by atoms with Gasteiger partial charge in [0.25, 0.3) is 0 Å². The highest BCUT2D eigenvalue weighted by Gasteiger charge is 2.77. The Bertz CT molecular complexity index is 753. The average molecular weight is 369 g/mol. The van der Waals surface area contributed by atoms with Crippen molar-refractivity contribution in [3.63, 3.8) is 0 Å². The zero-order chi connectivity index (χ0) is 18.6. The highest BCUT2D eigenvalue weighted by Crippen LogP contribution is 2.78. The molecule has 4 unspecified atom stereocenters. The maximum absolute atomic E-state index is 12.0. The third kappa shape index (κ3) is 1.98. The molecule has 4 fully saturated rings. The minimum Gasteiger partial charge on any atom is -0.365 e. The first kappa shape index (κ1) is 17.0. The standard InChI is InChI=1S/C24H32O3/c1-3-13-10-14-11-15(25)4-5-16(14)17-6-8-23(2)22(21(13)17)18-12-19(18)24(23)9-7-20(26)27-24/h7,9,11,13,16-22,26H,3-6,8,10,12H2,1-2H3/t13-,16+,17?,18+,19-,20?,21?,22?,23+,24+/m1/s1. The minimum absolute atomic E-state index is 0.162. The van der Waals surface area contributed by atoms with Gasteiger partial charge in [0, 0.05) is 11.8 Å². The Morgan fingerprint density at radius 3 is 2.89 bits per heavy atom. The molecule has 0 amide bonds. The summed E-state index contributed by atoms with van der Waals surface area (Å²) in [6.45, 7) is 4.83. The number of carbonyl (C=O) groups excluding carboxylic acids is 1. The fraction of sp³-hybridized carbons (Fsp3) is 0.792. The first-order valence-corrected chi connectivity index (χ1v) is 11.3. The third-order valence-corrected chi connectivity index (χ3v) is 9.82. The summed E-state index contributed by atoms with van der Waals surface area (Å²) in [6.07, 6.45) is 13.4. The Labute approximate surface area is 162 Å². The molecule has 0 aromatic carbocycles. The number of fused-ring (bicyclic) bond motifs is 9. The summed E-state index contributed by atoms with van der Waals surface area (Å²) in [5, 5.41) is 10.2. The molecule has 5 aliphatic carbocycles. The molecule has 1 aliphatic heterocycles. The molecular weight excluding hydrogens is 336 g/mol. The number of ether oxygens (including phenoxy) is 1. The molecule has 0 bridgehead atoms. The van der Waals surface area contributed by atoms with Crippen LogP contribution in [-0.2, 0) is 9.53 Å². The molecule has 146 valence electrons. The summed E-state index contributed by atoms with van der Waals surface area (Å²) in [7, 11) is 0. The molecule has 27 heavy (non-hydrogen) atoms. The average Bonchev–Trinajstić information content (AvgIpc) is 3.29. The van der Waals surface area contributed by atoms with Gasteiger partial charge in [-0.25, -0.2) is 0 Å². The number of hydrogen-bond acceptors (Lipinski definition) is 3. The molecule has 0 aromatic rings. The quantitative estimate of drug-likeness (QED) is 0.703. The number of aliphatic hydroxyl groups excluding tert-OH is 1. The Balaban J connectivity index is 1.41. The Morgan fingerprint density at radius 2 is 2.15 bits per heavy atom. The minimum atomic E-state index is -0.716. The molecule has 0 aromatic heterocycles. The van der Waals surface area contributed by atoms with Crippen molar-refractivity contribution in [2.45, 2.75) is 70.7 Å². The second-order valence-electron chi connectivity index (χ2n) is 10.6. The van der Waals surface area contributed by atoms with Gasteiger partial charge < -0.3 is 9.84 Å². The molecule has 6 rings (SSSR count). The van der Waals surface area contributed by atoms with E-state index in [2.05, 4.69) is 19.9 Å². The Morgan fingerprint density at radius 1 is 1.30 bits per heavy atom. The zero-order valence-electron chi connectivity index (χ0n) is 16.6. The van der Waals surface area contributed by atoms with Crippen LogP contribution in [0.15, 0.2) is 23.8 Å². The normalized spacial score (nSPS) is 57.7. The van der Waals surface area contributed by atoms with E-state index >= 15 is 0 Å². The highest BCUT2D eigenvalue weighted by atomic mass is 16.6. The van der Waals surface area contributed by atoms with Gasteiger partial charge in [-0.1, -0.05) is 31.9 Å². The van der Waals surface area contributed by atoms with E-state index in [4.69, 9.17) is 4.74 Å². The number of allylic oxidation sites excluding steroid dienone is 1. The first-order valence-electron chi connectivity index (χ1n) is 11.3. The van der Waals surface area contributed by atoms with E-state index in [1.165, 1.54) is 31.3 Å². The van der Waals surface area contributed by atoms with Crippen molar-refractivity contribution in [3.05, 3.63) is 23.8 Å². The van der Waals surface area contributed by atoms with Crippen LogP contribution in [-0.4, -0.2) is 22.8 Å². The SMILES string of the molecule is CC[C@@H]1CC2=CC(=O)CC[C@@H]2C2CC[C@@]3(C)C(C21)[C@H]1C[C@H]1[C@@]31C=CC(O)O1. The van der Waals surface area contributed by atoms with Crippen LogP contribution in [0.5, 0.6) is 0 Å². The number of ketones is 1. The van der Waals surface area contributed by atoms with E-state index in [1.807, 2.05) is 12.2 Å². The molecule has 10 atom stereocenters.